The summed E-state index contributed by atoms with van der Waals surface area (Å²) < 4.78 is 38.8. The molecule has 22 heteroatoms. The maximum Gasteiger partial charge on any atom is 0.337 e. The number of nitrogens with one attached hydrogen (secondary N) is 2. The van der Waals surface area contributed by atoms with Gasteiger partial charge in [0, 0.05) is 80.5 Å². The van der Waals surface area contributed by atoms with Crippen molar-refractivity contribution in [1.82, 2.24) is 19.9 Å². The standard InChI is InChI=1S/C72H86N4O11Si4.O2S/c1-41-26-45(35-51(27-41)90(8,9)10)63-53-17-19-57(73-53)65(47-30-43(40-89(6)7)31-49(33-47)70(82)84-2)58-21-20-55(75-58)64(56-22-24-60(76-56)66(59-23-18-54(63)74-59)48-34-50(71(83)85-3)37-52(36-48)91(11,12)13)46-29-42(39-88(4)5)28-44(32-46)61(78)16-14-15-25-86-72-69(81)68(80)67(79)62(38-77)87-72;1-3-2/h17-24,26-37,62,67-69,72-73,76-77,79-81,88-89H,14-16,25,38-40H2,1-13H3;/t62-,67-,68+,69-,72?;/m1./s1. The number of methoxy groups -OCH3 is 2. The molecule has 10 rings (SSSR count). The summed E-state index contributed by atoms with van der Waals surface area (Å²) in [5.41, 5.74) is 17.0. The summed E-state index contributed by atoms with van der Waals surface area (Å²) in [7, 11) is -3.61. The molecule has 4 aromatic carbocycles. The number of ether oxygens (including phenoxy) is 4. The fourth-order valence-corrected chi connectivity index (χ4v) is 17.2. The number of hydrogen-bond donors (Lipinski definition) is 6. The van der Waals surface area contributed by atoms with Gasteiger partial charge in [-0.05, 0) is 150 Å². The van der Waals surface area contributed by atoms with Crippen molar-refractivity contribution in [3.8, 4) is 44.5 Å². The molecule has 0 aliphatic carbocycles. The molecular weight excluding hydrogens is 1270 g/mol. The van der Waals surface area contributed by atoms with Gasteiger partial charge >= 0.3 is 23.5 Å². The Balaban J connectivity index is 0.00000340. The Bertz CT molecular complexity index is 4310. The number of carbonyl (C=O) groups excluding carboxylic acids is 3. The second-order valence-corrected chi connectivity index (χ2v) is 44.1. The molecule has 6 heterocycles. The van der Waals surface area contributed by atoms with Crippen molar-refractivity contribution < 1.29 is 62.2 Å². The number of unbranched alkanes of at least 4 members (excludes halogenated alkanes) is 1. The van der Waals surface area contributed by atoms with E-state index in [1.54, 1.807) is 0 Å². The van der Waals surface area contributed by atoms with Crippen molar-refractivity contribution >= 4 is 120 Å². The van der Waals surface area contributed by atoms with Crippen molar-refractivity contribution in [3.05, 3.63) is 153 Å². The van der Waals surface area contributed by atoms with Gasteiger partial charge < -0.3 is 49.3 Å². The number of Topliss-reactive ketones (excluding diaryl/α,β-unsaturated/α-hetero) is 1. The minimum atomic E-state index is -2.09. The van der Waals surface area contributed by atoms with Crippen molar-refractivity contribution in [2.24, 2.45) is 0 Å². The minimum absolute atomic E-state index is 0.0710. The lowest BCUT2D eigenvalue weighted by molar-refractivity contribution is -0.301. The van der Waals surface area contributed by atoms with Gasteiger partial charge in [0.15, 0.2) is 12.1 Å². The number of aryl methyl sites for hydroxylation is 1. The van der Waals surface area contributed by atoms with Gasteiger partial charge in [-0.15, -0.1) is 0 Å². The fourth-order valence-electron chi connectivity index (χ4n) is 12.4. The van der Waals surface area contributed by atoms with Crippen LogP contribution >= 0.6 is 0 Å². The Labute approximate surface area is 558 Å². The molecule has 8 bridgehead atoms. The molecular formula is C72H86N4O13SSi4. The van der Waals surface area contributed by atoms with Gasteiger partial charge in [-0.2, -0.15) is 8.42 Å². The highest BCUT2D eigenvalue weighted by molar-refractivity contribution is 7.51. The van der Waals surface area contributed by atoms with E-state index in [1.165, 1.54) is 19.4 Å². The molecule has 3 aliphatic rings. The van der Waals surface area contributed by atoms with Crippen LogP contribution in [0.1, 0.15) is 89.8 Å². The van der Waals surface area contributed by atoms with Crippen molar-refractivity contribution in [2.75, 3.05) is 27.4 Å². The molecule has 0 amide bonds. The van der Waals surface area contributed by atoms with E-state index in [4.69, 9.17) is 37.3 Å². The number of aromatic nitrogens is 4. The molecule has 0 saturated carbocycles. The average molecular weight is 1360 g/mol. The maximum absolute atomic E-state index is 14.7. The number of aromatic amines is 2. The van der Waals surface area contributed by atoms with Gasteiger partial charge in [0.2, 0.25) is 0 Å². The first kappa shape index (κ1) is 70.8. The van der Waals surface area contributed by atoms with E-state index in [-0.39, 0.29) is 18.8 Å². The number of ketones is 1. The molecule has 0 radical (unpaired) electrons. The first-order valence-corrected chi connectivity index (χ1v) is 45.8. The number of nitrogens with zero attached hydrogens (tertiary/aromatic N) is 2. The highest BCUT2D eigenvalue weighted by atomic mass is 32.1. The third-order valence-corrected chi connectivity index (χ3v) is 23.6. The third-order valence-electron chi connectivity index (χ3n) is 17.0. The largest absolute Gasteiger partial charge is 0.465 e. The Morgan fingerprint density at radius 3 is 1.38 bits per heavy atom. The molecule has 17 nitrogen and oxygen atoms in total. The number of carbonyl (C=O) groups is 3. The van der Waals surface area contributed by atoms with Crippen LogP contribution in [0.15, 0.2) is 97.1 Å². The van der Waals surface area contributed by atoms with Crippen LogP contribution in [0.3, 0.4) is 0 Å². The van der Waals surface area contributed by atoms with Gasteiger partial charge in [-0.1, -0.05) is 118 Å². The lowest BCUT2D eigenvalue weighted by atomic mass is 9.95. The van der Waals surface area contributed by atoms with Crippen LogP contribution in [0.2, 0.25) is 65.5 Å². The first-order chi connectivity index (χ1) is 44.6. The molecule has 3 aliphatic heterocycles. The SMILES string of the molecule is COC(=O)c1cc(C[SiH](C)C)cc(-c2c3nc(c(-c4cc(C[SiH](C)C)cc(C(=O)CCCCOC5O[C@H](CO)[C@@H](O)[C@H](O)[C@H]5O)c4)c4ccc([nH]4)c(-c4cc(C(=O)OC)cc([Si](C)(C)C)c4)c4nc(c(-c5cc(C)cc([Si](C)(C)C)c5)c5ccc2[nH]5)C=C4)C=C3)c1.O=S=O. The van der Waals surface area contributed by atoms with Crippen LogP contribution in [0, 0.1) is 6.92 Å². The minimum Gasteiger partial charge on any atom is -0.465 e. The van der Waals surface area contributed by atoms with E-state index in [9.17, 15) is 34.8 Å². The quantitative estimate of drug-likeness (QED) is 0.0179. The summed E-state index contributed by atoms with van der Waals surface area (Å²) in [6.45, 7) is 24.7. The summed E-state index contributed by atoms with van der Waals surface area (Å²) in [5, 5.41) is 43.3. The lowest BCUT2D eigenvalue weighted by Crippen LogP contribution is -2.59. The number of esters is 2. The number of fused-ring (bicyclic) bond motifs is 8. The highest BCUT2D eigenvalue weighted by Crippen LogP contribution is 2.40. The predicted molar refractivity (Wildman–Crippen MR) is 386 cm³/mol. The van der Waals surface area contributed by atoms with Crippen molar-refractivity contribution in [3.63, 3.8) is 0 Å². The molecule has 0 spiro atoms. The van der Waals surface area contributed by atoms with Crippen molar-refractivity contribution in [1.29, 1.82) is 0 Å². The highest BCUT2D eigenvalue weighted by Gasteiger charge is 2.44. The van der Waals surface area contributed by atoms with E-state index in [2.05, 4.69) is 155 Å². The predicted octanol–water partition coefficient (Wildman–Crippen LogP) is 10.9. The number of H-pyrrole nitrogens is 2. The smallest absolute Gasteiger partial charge is 0.337 e. The topological polar surface area (TPSA) is 261 Å². The van der Waals surface area contributed by atoms with Crippen LogP contribution in [0.4, 0.5) is 0 Å². The Hall–Kier alpha value is -7.46. The van der Waals surface area contributed by atoms with E-state index in [0.29, 0.717) is 46.6 Å². The summed E-state index contributed by atoms with van der Waals surface area (Å²) in [6, 6.07) is 35.0. The van der Waals surface area contributed by atoms with Gasteiger partial charge in [0.25, 0.3) is 0 Å². The van der Waals surface area contributed by atoms with Crippen LogP contribution in [0.25, 0.3) is 90.9 Å². The Morgan fingerprint density at radius 2 is 0.957 bits per heavy atom. The summed E-state index contributed by atoms with van der Waals surface area (Å²) in [4.78, 5) is 61.2. The van der Waals surface area contributed by atoms with Crippen LogP contribution in [0.5, 0.6) is 0 Å². The van der Waals surface area contributed by atoms with Gasteiger partial charge in [-0.25, -0.2) is 19.6 Å². The van der Waals surface area contributed by atoms with Crippen molar-refractivity contribution in [2.45, 2.75) is 134 Å². The van der Waals surface area contributed by atoms with Gasteiger partial charge in [0.05, 0.1) is 70.9 Å². The second kappa shape index (κ2) is 30.1. The number of benzene rings is 4. The Kier molecular flexibility index (Phi) is 22.7. The molecule has 94 heavy (non-hydrogen) atoms. The zero-order valence-corrected chi connectivity index (χ0v) is 60.9. The molecule has 1 fully saturated rings. The number of aliphatic hydroxyl groups is 4. The molecule has 7 aromatic rings. The summed E-state index contributed by atoms with van der Waals surface area (Å²) in [6.07, 6.45) is 2.28. The fraction of sp³-hybridized carbons (Fsp3) is 0.347. The van der Waals surface area contributed by atoms with Crippen LogP contribution in [-0.4, -0.2) is 158 Å². The average Bonchev–Trinajstić information content (AvgIpc) is 1.58. The third kappa shape index (κ3) is 16.2. The van der Waals surface area contributed by atoms with Gasteiger partial charge in [-0.3, -0.25) is 4.79 Å². The molecule has 3 aromatic heterocycles. The lowest BCUT2D eigenvalue weighted by Gasteiger charge is -2.39. The van der Waals surface area contributed by atoms with Crippen LogP contribution < -0.4 is 10.4 Å². The maximum atomic E-state index is 14.7. The number of rotatable bonds is 20. The number of hydrogen-bond acceptors (Lipinski definition) is 15. The normalized spacial score (nSPS) is 17.1. The monoisotopic (exact) mass is 1360 g/mol. The molecule has 6 N–H and O–H groups in total. The summed E-state index contributed by atoms with van der Waals surface area (Å²) >= 11 is -0.750. The number of aliphatic hydroxyl groups excluding tert-OH is 4. The van der Waals surface area contributed by atoms with E-state index in [1.807, 2.05) is 48.6 Å². The molecule has 1 saturated heterocycles. The molecule has 5 atom stereocenters. The zero-order valence-electron chi connectivity index (χ0n) is 55.8. The van der Waals surface area contributed by atoms with E-state index >= 15 is 0 Å². The Morgan fingerprint density at radius 1 is 0.553 bits per heavy atom. The second-order valence-electron chi connectivity index (χ2n) is 27.4. The first-order valence-electron chi connectivity index (χ1n) is 31.9. The van der Waals surface area contributed by atoms with Crippen LogP contribution in [-0.2, 0) is 42.6 Å². The van der Waals surface area contributed by atoms with E-state index < -0.39 is 94.6 Å². The molecule has 1 unspecified atom stereocenters. The van der Waals surface area contributed by atoms with E-state index in [0.717, 1.165) is 106 Å². The molecule has 494 valence electrons. The summed E-state index contributed by atoms with van der Waals surface area (Å²) in [5.74, 6) is -0.945. The zero-order chi connectivity index (χ0) is 68.1. The van der Waals surface area contributed by atoms with Gasteiger partial charge in [0.1, 0.15) is 24.4 Å².